The molecule has 0 bridgehead atoms. The van der Waals surface area contributed by atoms with Gasteiger partial charge >= 0.3 is 24.3 Å². The number of β-lactam (4-membered cyclic amide) rings is 1. The van der Waals surface area contributed by atoms with E-state index in [9.17, 15) is 55.5 Å². The first-order valence-corrected chi connectivity index (χ1v) is 13.8. The molecule has 21 heteroatoms. The molecule has 43 heavy (non-hydrogen) atoms. The summed E-state index contributed by atoms with van der Waals surface area (Å²) in [4.78, 5) is 67.6. The van der Waals surface area contributed by atoms with E-state index in [0.29, 0.717) is 9.80 Å². The molecular formula is C22H18F6N6O7S2. The lowest BCUT2D eigenvalue weighted by Crippen LogP contribution is -2.71. The zero-order valence-electron chi connectivity index (χ0n) is 21.2. The normalized spacial score (nSPS) is 22.4. The second-order valence-corrected chi connectivity index (χ2v) is 11.0. The number of alkyl halides is 6. The van der Waals surface area contributed by atoms with E-state index in [4.69, 9.17) is 5.73 Å². The Kier molecular flexibility index (Phi) is 8.77. The van der Waals surface area contributed by atoms with E-state index >= 15 is 0 Å². The summed E-state index contributed by atoms with van der Waals surface area (Å²) in [6, 6.07) is -1.42. The van der Waals surface area contributed by atoms with Crippen LogP contribution in [0, 0.1) is 0 Å². The Labute approximate surface area is 244 Å². The molecule has 0 aromatic carbocycles. The zero-order valence-corrected chi connectivity index (χ0v) is 22.8. The minimum atomic E-state index is -5.59. The minimum Gasteiger partial charge on any atom is -0.410 e. The van der Waals surface area contributed by atoms with E-state index in [1.807, 2.05) is 0 Å². The van der Waals surface area contributed by atoms with Crippen molar-refractivity contribution in [2.45, 2.75) is 36.6 Å². The molecule has 4 N–H and O–H groups in total. The number of ether oxygens (including phenoxy) is 1. The fourth-order valence-corrected chi connectivity index (χ4v) is 6.19. The highest BCUT2D eigenvalue weighted by molar-refractivity contribution is 8.00. The van der Waals surface area contributed by atoms with Gasteiger partial charge in [0.1, 0.15) is 29.4 Å². The number of nitrogens with zero attached hydrogens (tertiary/aromatic N) is 4. The smallest absolute Gasteiger partial charge is 0.410 e. The van der Waals surface area contributed by atoms with Crippen molar-refractivity contribution in [1.29, 1.82) is 0 Å². The molecule has 232 valence electrons. The second kappa shape index (κ2) is 11.9. The average Bonchev–Trinajstić information content (AvgIpc) is 3.33. The number of allylic oxidation sites excluding steroid dienone is 1. The SMILES string of the molecule is Nc1nc(/C(=N/O)C(=O)N[C@@H]2C(=O)N3C(C(=O)OC(=O)C(F)(F)F)=C(/C=C4\CCCN(CC(F)(F)F)C4=O)CS[C@H]23)cs1. The summed E-state index contributed by atoms with van der Waals surface area (Å²) in [5.74, 6) is -8.32. The van der Waals surface area contributed by atoms with Gasteiger partial charge in [-0.3, -0.25) is 19.3 Å². The van der Waals surface area contributed by atoms with Crippen molar-refractivity contribution < 1.29 is 60.3 Å². The number of piperidine rings is 1. The molecule has 4 rings (SSSR count). The highest BCUT2D eigenvalue weighted by Crippen LogP contribution is 2.42. The Morgan fingerprint density at radius 3 is 2.51 bits per heavy atom. The maximum absolute atomic E-state index is 13.1. The molecule has 0 saturated carbocycles. The molecule has 0 aliphatic carbocycles. The lowest BCUT2D eigenvalue weighted by Gasteiger charge is -2.49. The number of carbonyl (C=O) groups excluding carboxylic acids is 5. The molecule has 1 aromatic heterocycles. The number of rotatable bonds is 6. The van der Waals surface area contributed by atoms with E-state index in [1.165, 1.54) is 5.38 Å². The molecule has 3 aliphatic heterocycles. The molecule has 13 nitrogen and oxygen atoms in total. The number of halogens is 6. The lowest BCUT2D eigenvalue weighted by atomic mass is 9.98. The van der Waals surface area contributed by atoms with Crippen molar-refractivity contribution in [3.05, 3.63) is 34.0 Å². The summed E-state index contributed by atoms with van der Waals surface area (Å²) in [6.07, 6.45) is -9.28. The largest absolute Gasteiger partial charge is 0.491 e. The first kappa shape index (κ1) is 31.8. The van der Waals surface area contributed by atoms with Gasteiger partial charge in [0.05, 0.1) is 0 Å². The number of hydrogen-bond acceptors (Lipinski definition) is 12. The number of amides is 3. The maximum Gasteiger partial charge on any atom is 0.491 e. The van der Waals surface area contributed by atoms with Gasteiger partial charge in [-0.2, -0.15) is 26.3 Å². The number of hydrogen-bond donors (Lipinski definition) is 3. The van der Waals surface area contributed by atoms with Crippen LogP contribution in [-0.4, -0.2) is 98.0 Å². The molecule has 2 saturated heterocycles. The van der Waals surface area contributed by atoms with Gasteiger partial charge in [0.25, 0.3) is 11.8 Å². The fourth-order valence-electron chi connectivity index (χ4n) is 4.34. The zero-order chi connectivity index (χ0) is 31.9. The van der Waals surface area contributed by atoms with Crippen LogP contribution < -0.4 is 11.1 Å². The third-order valence-electron chi connectivity index (χ3n) is 6.13. The minimum absolute atomic E-state index is 0.0269. The molecular weight excluding hydrogens is 638 g/mol. The number of carbonyl (C=O) groups is 5. The molecule has 2 fully saturated rings. The van der Waals surface area contributed by atoms with Crippen molar-refractivity contribution in [3.63, 3.8) is 0 Å². The molecule has 0 radical (unpaired) electrons. The molecule has 2 atom stereocenters. The fraction of sp³-hybridized carbons (Fsp3) is 0.409. The maximum atomic E-state index is 13.1. The quantitative estimate of drug-likeness (QED) is 0.0590. The van der Waals surface area contributed by atoms with E-state index in [1.54, 1.807) is 0 Å². The van der Waals surface area contributed by atoms with Crippen molar-refractivity contribution in [3.8, 4) is 0 Å². The number of oxime groups is 1. The van der Waals surface area contributed by atoms with Gasteiger partial charge in [-0.15, -0.1) is 23.1 Å². The summed E-state index contributed by atoms with van der Waals surface area (Å²) >= 11 is 1.78. The van der Waals surface area contributed by atoms with Crippen LogP contribution in [0.5, 0.6) is 0 Å². The van der Waals surface area contributed by atoms with Gasteiger partial charge in [0.15, 0.2) is 10.8 Å². The lowest BCUT2D eigenvalue weighted by molar-refractivity contribution is -0.201. The summed E-state index contributed by atoms with van der Waals surface area (Å²) in [5.41, 5.74) is 3.38. The molecule has 3 amide bonds. The number of esters is 2. The molecule has 0 spiro atoms. The molecule has 4 heterocycles. The van der Waals surface area contributed by atoms with E-state index in [2.05, 4.69) is 20.2 Å². The third-order valence-corrected chi connectivity index (χ3v) is 8.10. The van der Waals surface area contributed by atoms with E-state index in [0.717, 1.165) is 29.2 Å². The number of fused-ring (bicyclic) bond motifs is 1. The topological polar surface area (TPSA) is 185 Å². The number of thiazole rings is 1. The Hall–Kier alpha value is -4.14. The Bertz CT molecular complexity index is 1470. The summed E-state index contributed by atoms with van der Waals surface area (Å²) in [5, 5.41) is 14.5. The summed E-state index contributed by atoms with van der Waals surface area (Å²) < 4.78 is 81.1. The highest BCUT2D eigenvalue weighted by Gasteiger charge is 2.55. The van der Waals surface area contributed by atoms with Gasteiger partial charge in [0, 0.05) is 23.3 Å². The monoisotopic (exact) mass is 656 g/mol. The predicted molar refractivity (Wildman–Crippen MR) is 134 cm³/mol. The van der Waals surface area contributed by atoms with Crippen LogP contribution in [0.15, 0.2) is 33.5 Å². The molecule has 3 aliphatic rings. The van der Waals surface area contributed by atoms with Crippen LogP contribution in [-0.2, 0) is 28.7 Å². The van der Waals surface area contributed by atoms with Crippen molar-refractivity contribution in [2.75, 3.05) is 24.6 Å². The number of likely N-dealkylation sites (tertiary alicyclic amines) is 1. The number of nitrogen functional groups attached to an aromatic ring is 1. The average molecular weight is 657 g/mol. The number of thioether (sulfide) groups is 1. The van der Waals surface area contributed by atoms with E-state index in [-0.39, 0.29) is 47.1 Å². The van der Waals surface area contributed by atoms with Gasteiger partial charge in [-0.1, -0.05) is 5.16 Å². The van der Waals surface area contributed by atoms with Crippen LogP contribution in [0.3, 0.4) is 0 Å². The van der Waals surface area contributed by atoms with Crippen LogP contribution in [0.1, 0.15) is 18.5 Å². The van der Waals surface area contributed by atoms with Gasteiger partial charge in [-0.05, 0) is 24.5 Å². The standard InChI is InChI=1S/C22H18F6N6O7S2/c23-21(24,25)7-33-3-1-2-8(15(33)36)4-9-5-42-17-12(31-14(35)11(32-40)10-6-43-20(29)30-10)16(37)34(17)13(9)18(38)41-19(39)22(26,27)28/h4,6,12,17,40H,1-3,5,7H2,(H2,29,30)(H,31,35)/b8-4+,32-11-/t12-,17-/m1/s1. The summed E-state index contributed by atoms with van der Waals surface area (Å²) in [7, 11) is 0. The van der Waals surface area contributed by atoms with Crippen LogP contribution in [0.2, 0.25) is 0 Å². The third kappa shape index (κ3) is 6.76. The number of anilines is 1. The number of nitrogens with two attached hydrogens (primary N) is 1. The second-order valence-electron chi connectivity index (χ2n) is 9.04. The van der Waals surface area contributed by atoms with Crippen molar-refractivity contribution in [2.24, 2.45) is 5.16 Å². The van der Waals surface area contributed by atoms with Gasteiger partial charge < -0.3 is 25.9 Å². The van der Waals surface area contributed by atoms with Gasteiger partial charge in [0.2, 0.25) is 5.91 Å². The van der Waals surface area contributed by atoms with Crippen molar-refractivity contribution >= 4 is 63.6 Å². The van der Waals surface area contributed by atoms with Crippen LogP contribution in [0.4, 0.5) is 31.5 Å². The Morgan fingerprint density at radius 1 is 1.23 bits per heavy atom. The predicted octanol–water partition coefficient (Wildman–Crippen LogP) is 1.30. The molecule has 0 unspecified atom stereocenters. The highest BCUT2D eigenvalue weighted by atomic mass is 32.2. The first-order chi connectivity index (χ1) is 20.0. The number of aromatic nitrogens is 1. The van der Waals surface area contributed by atoms with E-state index < -0.39 is 71.4 Å². The van der Waals surface area contributed by atoms with Crippen molar-refractivity contribution in [1.82, 2.24) is 20.1 Å². The Morgan fingerprint density at radius 2 is 1.93 bits per heavy atom. The number of nitrogens with one attached hydrogen (secondary N) is 1. The summed E-state index contributed by atoms with van der Waals surface area (Å²) in [6.45, 7) is -1.79. The Balaban J connectivity index is 1.64. The van der Waals surface area contributed by atoms with Crippen LogP contribution >= 0.6 is 23.1 Å². The van der Waals surface area contributed by atoms with Gasteiger partial charge in [-0.25, -0.2) is 14.6 Å². The molecule has 1 aromatic rings. The first-order valence-electron chi connectivity index (χ1n) is 11.8. The van der Waals surface area contributed by atoms with Crippen LogP contribution in [0.25, 0.3) is 0 Å².